The summed E-state index contributed by atoms with van der Waals surface area (Å²) in [5, 5.41) is 9.24. The van der Waals surface area contributed by atoms with Crippen molar-refractivity contribution in [3.05, 3.63) is 27.1 Å². The van der Waals surface area contributed by atoms with Crippen molar-refractivity contribution in [1.82, 2.24) is 18.7 Å². The molecule has 1 N–H and O–H groups in total. The Morgan fingerprint density at radius 1 is 1.50 bits per heavy atom. The van der Waals surface area contributed by atoms with Gasteiger partial charge >= 0.3 is 5.69 Å². The van der Waals surface area contributed by atoms with E-state index >= 15 is 0 Å². The van der Waals surface area contributed by atoms with Gasteiger partial charge in [0.2, 0.25) is 0 Å². The highest BCUT2D eigenvalue weighted by Crippen LogP contribution is 2.04. The van der Waals surface area contributed by atoms with E-state index in [1.165, 1.54) is 7.05 Å². The fourth-order valence-electron chi connectivity index (χ4n) is 2.12. The Labute approximate surface area is 121 Å². The molecule has 0 aromatic carbocycles. The van der Waals surface area contributed by atoms with E-state index in [1.807, 2.05) is 0 Å². The lowest BCUT2D eigenvalue weighted by Crippen LogP contribution is -2.39. The van der Waals surface area contributed by atoms with Crippen LogP contribution in [0.4, 0.5) is 0 Å². The minimum atomic E-state index is -2.74. The molecule has 0 bridgehead atoms. The Morgan fingerprint density at radius 2 is 2.25 bits per heavy atom. The Hall–Kier alpha value is -1.89. The molecule has 2 rings (SSSR count). The maximum atomic E-state index is 12.6. The topological polar surface area (TPSA) is 82.1 Å². The van der Waals surface area contributed by atoms with Crippen LogP contribution in [-0.2, 0) is 20.6 Å². The van der Waals surface area contributed by atoms with Crippen molar-refractivity contribution < 1.29 is 10.6 Å². The predicted octanol–water partition coefficient (Wildman–Crippen LogP) is -0.0152. The number of aromatic nitrogens is 4. The van der Waals surface area contributed by atoms with Crippen LogP contribution < -0.4 is 11.2 Å². The van der Waals surface area contributed by atoms with Gasteiger partial charge in [-0.25, -0.2) is 9.78 Å². The third-order valence-electron chi connectivity index (χ3n) is 3.23. The van der Waals surface area contributed by atoms with Crippen molar-refractivity contribution in [2.24, 2.45) is 14.0 Å². The van der Waals surface area contributed by atoms with E-state index in [0.717, 1.165) is 9.13 Å². The number of fused-ring (bicyclic) bond motifs is 1. The lowest BCUT2D eigenvalue weighted by Gasteiger charge is -2.09. The Bertz CT molecular complexity index is 863. The zero-order valence-corrected chi connectivity index (χ0v) is 11.5. The highest BCUT2D eigenvalue weighted by Gasteiger charge is 2.14. The van der Waals surface area contributed by atoms with Crippen LogP contribution in [0, 0.1) is 0 Å². The van der Waals surface area contributed by atoms with Gasteiger partial charge in [0.05, 0.1) is 12.4 Å². The molecule has 7 nitrogen and oxygen atoms in total. The van der Waals surface area contributed by atoms with E-state index in [9.17, 15) is 14.7 Å². The van der Waals surface area contributed by atoms with Crippen LogP contribution in [0.5, 0.6) is 0 Å². The van der Waals surface area contributed by atoms with Gasteiger partial charge in [0.15, 0.2) is 11.2 Å². The van der Waals surface area contributed by atoms with Gasteiger partial charge in [-0.15, -0.1) is 0 Å². The summed E-state index contributed by atoms with van der Waals surface area (Å²) in [6.07, 6.45) is 0.592. The van der Waals surface area contributed by atoms with Gasteiger partial charge in [-0.2, -0.15) is 0 Å². The second-order valence-corrected chi connectivity index (χ2v) is 4.86. The first-order valence-corrected chi connectivity index (χ1v) is 6.43. The molecule has 2 heterocycles. The number of aliphatic hydroxyl groups is 1. The summed E-state index contributed by atoms with van der Waals surface area (Å²) < 4.78 is 32.8. The van der Waals surface area contributed by atoms with Crippen molar-refractivity contribution in [2.75, 3.05) is 0 Å². The third-order valence-corrected chi connectivity index (χ3v) is 3.23. The van der Waals surface area contributed by atoms with E-state index < -0.39 is 30.6 Å². The first-order chi connectivity index (χ1) is 11.1. The maximum Gasteiger partial charge on any atom is 0.332 e. The lowest BCUT2D eigenvalue weighted by atomic mass is 10.2. The minimum Gasteiger partial charge on any atom is -0.393 e. The average molecular weight is 284 g/mol. The molecule has 2 aromatic heterocycles. The molecule has 0 amide bonds. The Kier molecular flexibility index (Phi) is 2.79. The van der Waals surface area contributed by atoms with Gasteiger partial charge < -0.3 is 9.67 Å². The fourth-order valence-corrected chi connectivity index (χ4v) is 2.12. The molecule has 110 valence electrons. The number of rotatable bonds is 5. The molecule has 0 aliphatic carbocycles. The molecule has 0 aliphatic heterocycles. The highest BCUT2D eigenvalue weighted by atomic mass is 16.3. The van der Waals surface area contributed by atoms with Crippen LogP contribution in [0.3, 0.4) is 0 Å². The maximum absolute atomic E-state index is 12.6. The van der Waals surface area contributed by atoms with E-state index in [2.05, 4.69) is 4.98 Å². The van der Waals surface area contributed by atoms with E-state index in [-0.39, 0.29) is 17.7 Å². The standard InChI is InChI=1S/C13H20N4O3/c1-9(18)6-4-5-7-17-12(19)10-11(14-8-15(10)2)16(3)13(17)20/h8-9,18H,4-7H2,1-3H3/i2D3,8D. The fraction of sp³-hybridized carbons (Fsp3) is 0.615. The van der Waals surface area contributed by atoms with Crippen molar-refractivity contribution in [3.8, 4) is 0 Å². The zero-order chi connectivity index (χ0) is 18.2. The molecule has 0 aliphatic rings. The van der Waals surface area contributed by atoms with Gasteiger partial charge in [-0.3, -0.25) is 13.9 Å². The van der Waals surface area contributed by atoms with Crippen LogP contribution in [0.2, 0.25) is 0 Å². The van der Waals surface area contributed by atoms with E-state index in [4.69, 9.17) is 5.48 Å². The summed E-state index contributed by atoms with van der Waals surface area (Å²) >= 11 is 0. The van der Waals surface area contributed by atoms with Crippen molar-refractivity contribution >= 4 is 11.2 Å². The molecule has 2 aromatic rings. The second-order valence-electron chi connectivity index (χ2n) is 4.86. The first kappa shape index (κ1) is 9.93. The van der Waals surface area contributed by atoms with Crippen molar-refractivity contribution in [2.45, 2.75) is 38.8 Å². The van der Waals surface area contributed by atoms with Crippen LogP contribution >= 0.6 is 0 Å². The highest BCUT2D eigenvalue weighted by molar-refractivity contribution is 5.69. The summed E-state index contributed by atoms with van der Waals surface area (Å²) in [5.41, 5.74) is -1.78. The summed E-state index contributed by atoms with van der Waals surface area (Å²) in [5.74, 6) is 0. The second kappa shape index (κ2) is 5.62. The number of aliphatic hydroxyl groups excluding tert-OH is 1. The quantitative estimate of drug-likeness (QED) is 0.783. The van der Waals surface area contributed by atoms with Crippen LogP contribution in [0.1, 0.15) is 31.7 Å². The van der Waals surface area contributed by atoms with Crippen molar-refractivity contribution in [1.29, 1.82) is 0 Å². The molecule has 1 unspecified atom stereocenters. The SMILES string of the molecule is [2H]c1nc2c(c(=O)n(CCCCC(C)O)c(=O)n2C)n1C([2H])([2H])[2H]. The molecule has 20 heavy (non-hydrogen) atoms. The predicted molar refractivity (Wildman–Crippen MR) is 75.7 cm³/mol. The van der Waals surface area contributed by atoms with Crippen LogP contribution in [0.15, 0.2) is 15.9 Å². The van der Waals surface area contributed by atoms with Gasteiger partial charge in [-0.05, 0) is 26.2 Å². The van der Waals surface area contributed by atoms with Gasteiger partial charge in [0.25, 0.3) is 5.56 Å². The molecular weight excluding hydrogens is 260 g/mol. The number of hydrogen-bond acceptors (Lipinski definition) is 4. The number of aryl methyl sites for hydroxylation is 2. The number of hydrogen-bond donors (Lipinski definition) is 1. The monoisotopic (exact) mass is 284 g/mol. The lowest BCUT2D eigenvalue weighted by molar-refractivity contribution is 0.180. The summed E-state index contributed by atoms with van der Waals surface area (Å²) in [7, 11) is 1.38. The summed E-state index contributed by atoms with van der Waals surface area (Å²) in [6.45, 7) is -0.984. The summed E-state index contributed by atoms with van der Waals surface area (Å²) in [4.78, 5) is 28.7. The molecule has 0 spiro atoms. The first-order valence-electron chi connectivity index (χ1n) is 8.43. The molecule has 1 atom stereocenters. The third kappa shape index (κ3) is 2.53. The molecule has 7 heteroatoms. The van der Waals surface area contributed by atoms with E-state index in [0.29, 0.717) is 23.8 Å². The molecule has 0 fully saturated rings. The summed E-state index contributed by atoms with van der Waals surface area (Å²) in [6, 6.07) is 0. The van der Waals surface area contributed by atoms with Gasteiger partial charge in [0, 0.05) is 24.7 Å². The van der Waals surface area contributed by atoms with E-state index in [1.54, 1.807) is 6.92 Å². The largest absolute Gasteiger partial charge is 0.393 e. The van der Waals surface area contributed by atoms with Gasteiger partial charge in [-0.1, -0.05) is 0 Å². The molecule has 0 saturated heterocycles. The number of unbranched alkanes of at least 4 members (excludes halogenated alkanes) is 1. The van der Waals surface area contributed by atoms with Crippen LogP contribution in [0.25, 0.3) is 11.2 Å². The molecular formula is C13H20N4O3. The average Bonchev–Trinajstić information content (AvgIpc) is 2.81. The Morgan fingerprint density at radius 3 is 2.90 bits per heavy atom. The molecule has 0 saturated carbocycles. The Balaban J connectivity index is 2.58. The number of imidazole rings is 1. The normalized spacial score (nSPS) is 16.6. The van der Waals surface area contributed by atoms with Gasteiger partial charge in [0.1, 0.15) is 1.37 Å². The van der Waals surface area contributed by atoms with Crippen molar-refractivity contribution in [3.63, 3.8) is 0 Å². The minimum absolute atomic E-state index is 0.105. The smallest absolute Gasteiger partial charge is 0.332 e. The zero-order valence-electron chi connectivity index (χ0n) is 15.5. The molecule has 0 radical (unpaired) electrons. The van der Waals surface area contributed by atoms with Crippen LogP contribution in [-0.4, -0.2) is 29.9 Å². The number of nitrogens with zero attached hydrogens (tertiary/aromatic N) is 4.